The van der Waals surface area contributed by atoms with Crippen LogP contribution in [0.4, 0.5) is 4.39 Å². The summed E-state index contributed by atoms with van der Waals surface area (Å²) >= 11 is 0. The SMILES string of the molecule is CN=C(NCc1ccc(O)c(F)c1)NCC1CCCOC1c1ccc(C)cc1. The topological polar surface area (TPSA) is 65.9 Å². The third kappa shape index (κ3) is 5.23. The van der Waals surface area contributed by atoms with Crippen LogP contribution in [0.1, 0.15) is 35.6 Å². The van der Waals surface area contributed by atoms with Crippen molar-refractivity contribution in [3.05, 3.63) is 65.0 Å². The van der Waals surface area contributed by atoms with Crippen molar-refractivity contribution in [1.29, 1.82) is 0 Å². The Morgan fingerprint density at radius 2 is 2.00 bits per heavy atom. The molecule has 0 bridgehead atoms. The Morgan fingerprint density at radius 3 is 2.71 bits per heavy atom. The number of halogens is 1. The number of aromatic hydroxyl groups is 1. The molecule has 2 aromatic carbocycles. The van der Waals surface area contributed by atoms with E-state index in [1.165, 1.54) is 23.3 Å². The molecule has 0 aromatic heterocycles. The van der Waals surface area contributed by atoms with Crippen LogP contribution in [0.3, 0.4) is 0 Å². The number of guanidine groups is 1. The third-order valence-corrected chi connectivity index (χ3v) is 5.08. The van der Waals surface area contributed by atoms with Crippen LogP contribution in [-0.4, -0.2) is 31.3 Å². The summed E-state index contributed by atoms with van der Waals surface area (Å²) in [7, 11) is 1.71. The Hall–Kier alpha value is -2.60. The molecule has 6 heteroatoms. The lowest BCUT2D eigenvalue weighted by Crippen LogP contribution is -2.41. The summed E-state index contributed by atoms with van der Waals surface area (Å²) in [6.07, 6.45) is 2.21. The van der Waals surface area contributed by atoms with E-state index in [1.54, 1.807) is 13.1 Å². The van der Waals surface area contributed by atoms with Gasteiger partial charge in [0.05, 0.1) is 6.10 Å². The van der Waals surface area contributed by atoms with Crippen LogP contribution in [0.25, 0.3) is 0 Å². The molecule has 3 N–H and O–H groups in total. The van der Waals surface area contributed by atoms with Crippen molar-refractivity contribution in [1.82, 2.24) is 10.6 Å². The molecule has 0 saturated carbocycles. The number of hydrogen-bond donors (Lipinski definition) is 3. The number of aliphatic imine (C=N–C) groups is 1. The highest BCUT2D eigenvalue weighted by molar-refractivity contribution is 5.79. The van der Waals surface area contributed by atoms with Crippen molar-refractivity contribution >= 4 is 5.96 Å². The summed E-state index contributed by atoms with van der Waals surface area (Å²) in [6.45, 7) is 4.02. The van der Waals surface area contributed by atoms with Crippen molar-refractivity contribution < 1.29 is 14.2 Å². The minimum atomic E-state index is -0.623. The Kier molecular flexibility index (Phi) is 6.87. The third-order valence-electron chi connectivity index (χ3n) is 5.08. The van der Waals surface area contributed by atoms with E-state index in [0.717, 1.165) is 31.6 Å². The predicted molar refractivity (Wildman–Crippen MR) is 109 cm³/mol. The molecule has 3 rings (SSSR count). The molecule has 150 valence electrons. The van der Waals surface area contributed by atoms with Crippen molar-refractivity contribution in [3.8, 4) is 5.75 Å². The standard InChI is InChI=1S/C22H28FN3O2/c1-15-5-8-17(9-6-15)21-18(4-3-11-28-21)14-26-22(24-2)25-13-16-7-10-20(27)19(23)12-16/h5-10,12,18,21,27H,3-4,11,13-14H2,1-2H3,(H2,24,25,26). The fraction of sp³-hybridized carbons (Fsp3) is 0.409. The van der Waals surface area contributed by atoms with Gasteiger partial charge in [0, 0.05) is 32.7 Å². The van der Waals surface area contributed by atoms with E-state index in [0.29, 0.717) is 18.4 Å². The monoisotopic (exact) mass is 385 g/mol. The van der Waals surface area contributed by atoms with Gasteiger partial charge >= 0.3 is 0 Å². The second kappa shape index (κ2) is 9.55. The van der Waals surface area contributed by atoms with Gasteiger partial charge in [0.1, 0.15) is 0 Å². The predicted octanol–water partition coefficient (Wildman–Crippen LogP) is 3.67. The Labute approximate surface area is 165 Å². The molecule has 1 aliphatic rings. The molecular weight excluding hydrogens is 357 g/mol. The second-order valence-electron chi connectivity index (χ2n) is 7.20. The average Bonchev–Trinajstić information content (AvgIpc) is 2.71. The minimum Gasteiger partial charge on any atom is -0.505 e. The zero-order chi connectivity index (χ0) is 19.9. The zero-order valence-electron chi connectivity index (χ0n) is 16.4. The number of rotatable bonds is 5. The molecule has 1 fully saturated rings. The maximum atomic E-state index is 13.5. The first-order valence-corrected chi connectivity index (χ1v) is 9.67. The molecular formula is C22H28FN3O2. The van der Waals surface area contributed by atoms with Crippen molar-refractivity contribution in [2.75, 3.05) is 20.2 Å². The zero-order valence-corrected chi connectivity index (χ0v) is 16.4. The number of aryl methyl sites for hydroxylation is 1. The van der Waals surface area contributed by atoms with E-state index in [-0.39, 0.29) is 11.9 Å². The fourth-order valence-electron chi connectivity index (χ4n) is 3.47. The number of phenols is 1. The van der Waals surface area contributed by atoms with Gasteiger partial charge in [0.15, 0.2) is 17.5 Å². The summed E-state index contributed by atoms with van der Waals surface area (Å²) in [5, 5.41) is 15.8. The highest BCUT2D eigenvalue weighted by Gasteiger charge is 2.27. The normalized spacial score (nSPS) is 20.0. The molecule has 28 heavy (non-hydrogen) atoms. The maximum Gasteiger partial charge on any atom is 0.191 e. The summed E-state index contributed by atoms with van der Waals surface area (Å²) in [6, 6.07) is 12.9. The molecule has 1 aliphatic heterocycles. The molecule has 0 aliphatic carbocycles. The van der Waals surface area contributed by atoms with Gasteiger partial charge in [-0.15, -0.1) is 0 Å². The highest BCUT2D eigenvalue weighted by Crippen LogP contribution is 2.33. The summed E-state index contributed by atoms with van der Waals surface area (Å²) in [5.41, 5.74) is 3.18. The van der Waals surface area contributed by atoms with Gasteiger partial charge < -0.3 is 20.5 Å². The highest BCUT2D eigenvalue weighted by atomic mass is 19.1. The van der Waals surface area contributed by atoms with Crippen LogP contribution in [-0.2, 0) is 11.3 Å². The van der Waals surface area contributed by atoms with Gasteiger partial charge in [-0.25, -0.2) is 4.39 Å². The lowest BCUT2D eigenvalue weighted by molar-refractivity contribution is -0.0265. The number of ether oxygens (including phenoxy) is 1. The Balaban J connectivity index is 1.56. The fourth-order valence-corrected chi connectivity index (χ4v) is 3.47. The first-order chi connectivity index (χ1) is 13.6. The largest absolute Gasteiger partial charge is 0.505 e. The van der Waals surface area contributed by atoms with E-state index in [4.69, 9.17) is 4.74 Å². The van der Waals surface area contributed by atoms with Crippen LogP contribution in [0.15, 0.2) is 47.5 Å². The quantitative estimate of drug-likeness (QED) is 0.543. The van der Waals surface area contributed by atoms with E-state index in [9.17, 15) is 9.50 Å². The smallest absolute Gasteiger partial charge is 0.191 e. The second-order valence-corrected chi connectivity index (χ2v) is 7.20. The molecule has 0 amide bonds. The lowest BCUT2D eigenvalue weighted by Gasteiger charge is -2.32. The van der Waals surface area contributed by atoms with Gasteiger partial charge in [0.25, 0.3) is 0 Å². The summed E-state index contributed by atoms with van der Waals surface area (Å²) in [5.74, 6) is 0.0380. The minimum absolute atomic E-state index is 0.0751. The van der Waals surface area contributed by atoms with Gasteiger partial charge in [0.2, 0.25) is 0 Å². The lowest BCUT2D eigenvalue weighted by atomic mass is 9.89. The van der Waals surface area contributed by atoms with Crippen LogP contribution < -0.4 is 10.6 Å². The summed E-state index contributed by atoms with van der Waals surface area (Å²) < 4.78 is 19.5. The number of phenolic OH excluding ortho intramolecular Hbond substituents is 1. The first kappa shape index (κ1) is 20.1. The molecule has 2 unspecified atom stereocenters. The van der Waals surface area contributed by atoms with E-state index < -0.39 is 5.82 Å². The van der Waals surface area contributed by atoms with Gasteiger partial charge in [-0.1, -0.05) is 35.9 Å². The molecule has 2 atom stereocenters. The summed E-state index contributed by atoms with van der Waals surface area (Å²) in [4.78, 5) is 4.25. The van der Waals surface area contributed by atoms with Crippen LogP contribution in [0, 0.1) is 18.7 Å². The molecule has 2 aromatic rings. The van der Waals surface area contributed by atoms with E-state index in [2.05, 4.69) is 46.8 Å². The molecule has 0 radical (unpaired) electrons. The average molecular weight is 385 g/mol. The first-order valence-electron chi connectivity index (χ1n) is 9.67. The Morgan fingerprint density at radius 1 is 1.21 bits per heavy atom. The number of nitrogens with zero attached hydrogens (tertiary/aromatic N) is 1. The van der Waals surface area contributed by atoms with Gasteiger partial charge in [-0.05, 0) is 43.0 Å². The molecule has 0 spiro atoms. The van der Waals surface area contributed by atoms with Gasteiger partial charge in [-0.2, -0.15) is 0 Å². The van der Waals surface area contributed by atoms with E-state index >= 15 is 0 Å². The van der Waals surface area contributed by atoms with Crippen LogP contribution in [0.2, 0.25) is 0 Å². The molecule has 1 saturated heterocycles. The van der Waals surface area contributed by atoms with Gasteiger partial charge in [-0.3, -0.25) is 4.99 Å². The van der Waals surface area contributed by atoms with Crippen LogP contribution in [0.5, 0.6) is 5.75 Å². The van der Waals surface area contributed by atoms with Crippen molar-refractivity contribution in [2.24, 2.45) is 10.9 Å². The number of hydrogen-bond acceptors (Lipinski definition) is 3. The number of benzene rings is 2. The van der Waals surface area contributed by atoms with Crippen molar-refractivity contribution in [3.63, 3.8) is 0 Å². The number of nitrogens with one attached hydrogen (secondary N) is 2. The Bertz CT molecular complexity index is 808. The van der Waals surface area contributed by atoms with Crippen LogP contribution >= 0.6 is 0 Å². The molecule has 1 heterocycles. The van der Waals surface area contributed by atoms with E-state index in [1.807, 2.05) is 0 Å². The molecule has 5 nitrogen and oxygen atoms in total. The van der Waals surface area contributed by atoms with Crippen molar-refractivity contribution in [2.45, 2.75) is 32.4 Å². The maximum absolute atomic E-state index is 13.5.